The number of aromatic amines is 1. The fraction of sp³-hybridized carbons (Fsp3) is 0.733. The standard InChI is InChI=1S/C15H27N3/c1-5-12-11(2)17-14-8-6-7-13(15(12)14)16-9-10-18(3)4/h13,16-17H,5-10H2,1-4H3. The Morgan fingerprint density at radius 2 is 2.17 bits per heavy atom. The molecule has 1 atom stereocenters. The molecule has 1 unspecified atom stereocenters. The van der Waals surface area contributed by atoms with E-state index in [9.17, 15) is 0 Å². The summed E-state index contributed by atoms with van der Waals surface area (Å²) in [4.78, 5) is 5.83. The first-order valence-corrected chi connectivity index (χ1v) is 7.21. The summed E-state index contributed by atoms with van der Waals surface area (Å²) in [6.07, 6.45) is 4.95. The lowest BCUT2D eigenvalue weighted by Gasteiger charge is -2.26. The second kappa shape index (κ2) is 5.89. The molecule has 1 aromatic rings. The number of aryl methyl sites for hydroxylation is 2. The first-order valence-electron chi connectivity index (χ1n) is 7.21. The lowest BCUT2D eigenvalue weighted by Crippen LogP contribution is -2.31. The van der Waals surface area contributed by atoms with Gasteiger partial charge in [-0.15, -0.1) is 0 Å². The monoisotopic (exact) mass is 249 g/mol. The molecule has 0 radical (unpaired) electrons. The zero-order valence-electron chi connectivity index (χ0n) is 12.3. The number of nitrogens with zero attached hydrogens (tertiary/aromatic N) is 1. The van der Waals surface area contributed by atoms with Crippen LogP contribution in [-0.4, -0.2) is 37.1 Å². The summed E-state index contributed by atoms with van der Waals surface area (Å²) in [5.41, 5.74) is 5.99. The van der Waals surface area contributed by atoms with Crippen molar-refractivity contribution in [2.24, 2.45) is 0 Å². The minimum absolute atomic E-state index is 0.564. The van der Waals surface area contributed by atoms with Crippen molar-refractivity contribution in [1.82, 2.24) is 15.2 Å². The molecule has 3 heteroatoms. The Balaban J connectivity index is 2.11. The first-order chi connectivity index (χ1) is 8.63. The van der Waals surface area contributed by atoms with Gasteiger partial charge in [0.25, 0.3) is 0 Å². The van der Waals surface area contributed by atoms with Gasteiger partial charge in [-0.1, -0.05) is 6.92 Å². The average molecular weight is 249 g/mol. The zero-order chi connectivity index (χ0) is 13.1. The van der Waals surface area contributed by atoms with Gasteiger partial charge in [0, 0.05) is 30.5 Å². The number of nitrogens with one attached hydrogen (secondary N) is 2. The van der Waals surface area contributed by atoms with E-state index in [0.717, 1.165) is 19.5 Å². The number of likely N-dealkylation sites (N-methyl/N-ethyl adjacent to an activating group) is 1. The van der Waals surface area contributed by atoms with Gasteiger partial charge in [-0.3, -0.25) is 0 Å². The molecule has 0 fully saturated rings. The van der Waals surface area contributed by atoms with Gasteiger partial charge in [0.2, 0.25) is 0 Å². The van der Waals surface area contributed by atoms with Gasteiger partial charge in [-0.25, -0.2) is 0 Å². The average Bonchev–Trinajstić information content (AvgIpc) is 2.64. The quantitative estimate of drug-likeness (QED) is 0.839. The summed E-state index contributed by atoms with van der Waals surface area (Å²) >= 11 is 0. The summed E-state index contributed by atoms with van der Waals surface area (Å²) in [6, 6.07) is 0.564. The van der Waals surface area contributed by atoms with E-state index in [0.29, 0.717) is 6.04 Å². The Labute approximate surface area is 111 Å². The van der Waals surface area contributed by atoms with Crippen molar-refractivity contribution in [3.05, 3.63) is 22.5 Å². The van der Waals surface area contributed by atoms with Crippen LogP contribution >= 0.6 is 0 Å². The molecule has 3 nitrogen and oxygen atoms in total. The van der Waals surface area contributed by atoms with Crippen LogP contribution in [0.15, 0.2) is 0 Å². The number of fused-ring (bicyclic) bond motifs is 1. The summed E-state index contributed by atoms with van der Waals surface area (Å²) < 4.78 is 0. The number of H-pyrrole nitrogens is 1. The molecule has 0 bridgehead atoms. The fourth-order valence-electron chi connectivity index (χ4n) is 3.12. The van der Waals surface area contributed by atoms with Crippen molar-refractivity contribution in [3.8, 4) is 0 Å². The summed E-state index contributed by atoms with van der Waals surface area (Å²) in [7, 11) is 4.26. The third-order valence-electron chi connectivity index (χ3n) is 4.01. The molecule has 0 saturated carbocycles. The number of hydrogen-bond donors (Lipinski definition) is 2. The van der Waals surface area contributed by atoms with Gasteiger partial charge in [-0.05, 0) is 57.8 Å². The topological polar surface area (TPSA) is 31.1 Å². The Kier molecular flexibility index (Phi) is 4.46. The second-order valence-corrected chi connectivity index (χ2v) is 5.68. The summed E-state index contributed by atoms with van der Waals surface area (Å²) in [5.74, 6) is 0. The molecule has 0 aromatic carbocycles. The van der Waals surface area contributed by atoms with Crippen molar-refractivity contribution >= 4 is 0 Å². The van der Waals surface area contributed by atoms with Crippen molar-refractivity contribution in [1.29, 1.82) is 0 Å². The molecule has 0 saturated heterocycles. The molecule has 1 aliphatic rings. The predicted octanol–water partition coefficient (Wildman–Crippen LogP) is 2.41. The van der Waals surface area contributed by atoms with Crippen LogP contribution in [0, 0.1) is 6.92 Å². The van der Waals surface area contributed by atoms with E-state index < -0.39 is 0 Å². The molecule has 2 N–H and O–H groups in total. The molecular formula is C15H27N3. The highest BCUT2D eigenvalue weighted by Crippen LogP contribution is 2.34. The predicted molar refractivity (Wildman–Crippen MR) is 77.1 cm³/mol. The van der Waals surface area contributed by atoms with E-state index in [1.54, 1.807) is 11.1 Å². The van der Waals surface area contributed by atoms with E-state index >= 15 is 0 Å². The lowest BCUT2D eigenvalue weighted by molar-refractivity contribution is 0.371. The Hall–Kier alpha value is -0.800. The fourth-order valence-corrected chi connectivity index (χ4v) is 3.12. The molecule has 2 rings (SSSR count). The normalized spacial score (nSPS) is 19.3. The molecule has 0 amide bonds. The van der Waals surface area contributed by atoms with Gasteiger partial charge in [-0.2, -0.15) is 0 Å². The van der Waals surface area contributed by atoms with Gasteiger partial charge in [0.05, 0.1) is 0 Å². The van der Waals surface area contributed by atoms with Crippen LogP contribution in [0.5, 0.6) is 0 Å². The van der Waals surface area contributed by atoms with Crippen LogP contribution in [0.3, 0.4) is 0 Å². The molecule has 1 heterocycles. The van der Waals surface area contributed by atoms with Crippen LogP contribution in [-0.2, 0) is 12.8 Å². The van der Waals surface area contributed by atoms with Gasteiger partial charge in [0.1, 0.15) is 0 Å². The maximum absolute atomic E-state index is 3.74. The van der Waals surface area contributed by atoms with Crippen LogP contribution in [0.1, 0.15) is 48.3 Å². The third kappa shape index (κ3) is 2.78. The molecule has 0 spiro atoms. The van der Waals surface area contributed by atoms with E-state index in [1.807, 2.05) is 0 Å². The maximum Gasteiger partial charge on any atom is 0.0341 e. The largest absolute Gasteiger partial charge is 0.362 e. The first kappa shape index (κ1) is 13.6. The highest BCUT2D eigenvalue weighted by Gasteiger charge is 2.25. The minimum atomic E-state index is 0.564. The number of hydrogen-bond acceptors (Lipinski definition) is 2. The SMILES string of the molecule is CCc1c(C)[nH]c2c1C(NCCN(C)C)CCC2. The molecule has 1 aromatic heterocycles. The molecule has 102 valence electrons. The van der Waals surface area contributed by atoms with Crippen molar-refractivity contribution in [3.63, 3.8) is 0 Å². The van der Waals surface area contributed by atoms with Crippen LogP contribution in [0.2, 0.25) is 0 Å². The van der Waals surface area contributed by atoms with E-state index in [2.05, 4.69) is 43.1 Å². The number of rotatable bonds is 5. The zero-order valence-corrected chi connectivity index (χ0v) is 12.3. The molecule has 18 heavy (non-hydrogen) atoms. The molecular weight excluding hydrogens is 222 g/mol. The molecule has 1 aliphatic carbocycles. The van der Waals surface area contributed by atoms with Gasteiger partial charge in [0.15, 0.2) is 0 Å². The lowest BCUT2D eigenvalue weighted by atomic mass is 9.89. The van der Waals surface area contributed by atoms with Crippen LogP contribution in [0.25, 0.3) is 0 Å². The van der Waals surface area contributed by atoms with E-state index in [4.69, 9.17) is 0 Å². The summed E-state index contributed by atoms with van der Waals surface area (Å²) in [6.45, 7) is 6.66. The Morgan fingerprint density at radius 1 is 1.39 bits per heavy atom. The second-order valence-electron chi connectivity index (χ2n) is 5.68. The highest BCUT2D eigenvalue weighted by molar-refractivity contribution is 5.40. The van der Waals surface area contributed by atoms with Crippen molar-refractivity contribution in [2.45, 2.75) is 45.6 Å². The maximum atomic E-state index is 3.74. The van der Waals surface area contributed by atoms with Crippen LogP contribution < -0.4 is 5.32 Å². The van der Waals surface area contributed by atoms with Gasteiger partial charge >= 0.3 is 0 Å². The van der Waals surface area contributed by atoms with Crippen molar-refractivity contribution in [2.75, 3.05) is 27.2 Å². The Morgan fingerprint density at radius 3 is 2.83 bits per heavy atom. The van der Waals surface area contributed by atoms with Crippen molar-refractivity contribution < 1.29 is 0 Å². The van der Waals surface area contributed by atoms with Gasteiger partial charge < -0.3 is 15.2 Å². The van der Waals surface area contributed by atoms with E-state index in [1.165, 1.54) is 30.7 Å². The summed E-state index contributed by atoms with van der Waals surface area (Å²) in [5, 5.41) is 3.74. The molecule has 0 aliphatic heterocycles. The smallest absolute Gasteiger partial charge is 0.0341 e. The highest BCUT2D eigenvalue weighted by atomic mass is 15.1. The Bertz CT molecular complexity index is 393. The van der Waals surface area contributed by atoms with Crippen LogP contribution in [0.4, 0.5) is 0 Å². The number of aromatic nitrogens is 1. The third-order valence-corrected chi connectivity index (χ3v) is 4.01. The van der Waals surface area contributed by atoms with E-state index in [-0.39, 0.29) is 0 Å². The minimum Gasteiger partial charge on any atom is -0.362 e.